The largest absolute Gasteiger partial charge is 0.504 e. The van der Waals surface area contributed by atoms with Crippen LogP contribution in [0.2, 0.25) is 0 Å². The summed E-state index contributed by atoms with van der Waals surface area (Å²) < 4.78 is 11.0. The van der Waals surface area contributed by atoms with Crippen LogP contribution in [0.5, 0.6) is 11.5 Å². The molecule has 0 radical (unpaired) electrons. The van der Waals surface area contributed by atoms with E-state index in [4.69, 9.17) is 9.47 Å². The highest BCUT2D eigenvalue weighted by Gasteiger charge is 2.82. The Labute approximate surface area is 121 Å². The molecule has 0 amide bonds. The van der Waals surface area contributed by atoms with E-state index >= 15 is 0 Å². The molecule has 2 N–H and O–H groups in total. The topological polar surface area (TPSA) is 79.3 Å². The molecule has 4 atom stereocenters. The summed E-state index contributed by atoms with van der Waals surface area (Å²) in [4.78, 5) is 12.0. The van der Waals surface area contributed by atoms with Crippen molar-refractivity contribution in [3.05, 3.63) is 35.9 Å². The zero-order chi connectivity index (χ0) is 14.8. The van der Waals surface area contributed by atoms with Crippen molar-refractivity contribution < 1.29 is 24.5 Å². The third-order valence-electron chi connectivity index (χ3n) is 5.20. The van der Waals surface area contributed by atoms with Crippen LogP contribution >= 0.6 is 0 Å². The number of rotatable bonds is 3. The molecule has 1 aliphatic heterocycles. The molecule has 4 rings (SSSR count). The van der Waals surface area contributed by atoms with Crippen molar-refractivity contribution in [2.45, 2.75) is 23.5 Å². The Morgan fingerprint density at radius 2 is 2.24 bits per heavy atom. The number of hydrogen-bond donors (Lipinski definition) is 2. The summed E-state index contributed by atoms with van der Waals surface area (Å²) >= 11 is 0. The average Bonchev–Trinajstić information content (AvgIpc) is 2.92. The first kappa shape index (κ1) is 12.9. The van der Waals surface area contributed by atoms with Crippen LogP contribution in [0.15, 0.2) is 30.4 Å². The monoisotopic (exact) mass is 288 g/mol. The zero-order valence-corrected chi connectivity index (χ0v) is 11.6. The second-order valence-corrected chi connectivity index (χ2v) is 5.95. The molecule has 3 aliphatic rings. The van der Waals surface area contributed by atoms with Crippen molar-refractivity contribution in [1.82, 2.24) is 0 Å². The van der Waals surface area contributed by atoms with Crippen molar-refractivity contribution >= 4 is 5.78 Å². The molecule has 1 saturated carbocycles. The first-order valence-corrected chi connectivity index (χ1v) is 6.99. The maximum atomic E-state index is 12.0. The Hall–Kier alpha value is -1.85. The van der Waals surface area contributed by atoms with Gasteiger partial charge < -0.3 is 19.7 Å². The minimum absolute atomic E-state index is 0.0681. The van der Waals surface area contributed by atoms with Crippen molar-refractivity contribution in [2.75, 3.05) is 13.7 Å². The van der Waals surface area contributed by atoms with Gasteiger partial charge >= 0.3 is 0 Å². The fourth-order valence-corrected chi connectivity index (χ4v) is 4.11. The van der Waals surface area contributed by atoms with E-state index in [9.17, 15) is 15.0 Å². The van der Waals surface area contributed by atoms with Gasteiger partial charge in [-0.2, -0.15) is 0 Å². The molecule has 5 heteroatoms. The molecule has 0 aromatic heterocycles. The average molecular weight is 288 g/mol. The molecular weight excluding hydrogens is 272 g/mol. The van der Waals surface area contributed by atoms with Crippen LogP contribution in [-0.2, 0) is 9.53 Å². The van der Waals surface area contributed by atoms with Crippen molar-refractivity contribution in [2.24, 2.45) is 5.92 Å². The third kappa shape index (κ3) is 1.35. The second kappa shape index (κ2) is 3.87. The quantitative estimate of drug-likeness (QED) is 0.815. The summed E-state index contributed by atoms with van der Waals surface area (Å²) in [5, 5.41) is 19.6. The molecule has 1 aromatic carbocycles. The van der Waals surface area contributed by atoms with E-state index in [2.05, 4.69) is 0 Å². The smallest absolute Gasteiger partial charge is 0.161 e. The molecule has 2 aliphatic carbocycles. The number of carbonyl (C=O) groups is 1. The molecule has 0 unspecified atom stereocenters. The van der Waals surface area contributed by atoms with Gasteiger partial charge in [0, 0.05) is 5.92 Å². The Kier molecular flexibility index (Phi) is 2.37. The van der Waals surface area contributed by atoms with Gasteiger partial charge in [0.15, 0.2) is 17.3 Å². The van der Waals surface area contributed by atoms with Crippen LogP contribution < -0.4 is 4.74 Å². The summed E-state index contributed by atoms with van der Waals surface area (Å²) in [6.07, 6.45) is 4.00. The number of methoxy groups -OCH3 is 1. The molecule has 1 spiro atoms. The number of carbonyl (C=O) groups excluding carboxylic acids is 1. The number of aliphatic hydroxyl groups excluding tert-OH is 1. The fourth-order valence-electron chi connectivity index (χ4n) is 4.11. The first-order valence-electron chi connectivity index (χ1n) is 6.99. The van der Waals surface area contributed by atoms with E-state index in [1.807, 2.05) is 0 Å². The van der Waals surface area contributed by atoms with Gasteiger partial charge in [-0.15, -0.1) is 0 Å². The fraction of sp³-hybridized carbons (Fsp3) is 0.438. The molecular formula is C16H16O5. The highest BCUT2D eigenvalue weighted by atomic mass is 16.6. The molecule has 1 aromatic rings. The minimum atomic E-state index is -0.720. The lowest BCUT2D eigenvalue weighted by molar-refractivity contribution is -0.118. The van der Waals surface area contributed by atoms with Crippen LogP contribution in [0.1, 0.15) is 17.9 Å². The van der Waals surface area contributed by atoms with Gasteiger partial charge in [-0.05, 0) is 36.3 Å². The predicted molar refractivity (Wildman–Crippen MR) is 73.3 cm³/mol. The Morgan fingerprint density at radius 1 is 1.43 bits per heavy atom. The first-order chi connectivity index (χ1) is 10.1. The van der Waals surface area contributed by atoms with E-state index in [0.717, 1.165) is 5.56 Å². The molecule has 2 fully saturated rings. The zero-order valence-electron chi connectivity index (χ0n) is 11.6. The number of benzene rings is 1. The van der Waals surface area contributed by atoms with Gasteiger partial charge in [0.2, 0.25) is 0 Å². The number of phenolic OH excluding ortho intramolecular Hbond substituents is 1. The molecule has 1 heterocycles. The number of phenols is 1. The number of ketones is 1. The van der Waals surface area contributed by atoms with Gasteiger partial charge in [0.25, 0.3) is 0 Å². The van der Waals surface area contributed by atoms with Gasteiger partial charge in [-0.25, -0.2) is 0 Å². The van der Waals surface area contributed by atoms with Crippen LogP contribution in [0.3, 0.4) is 0 Å². The Balaban J connectivity index is 1.77. The van der Waals surface area contributed by atoms with Gasteiger partial charge in [-0.3, -0.25) is 4.79 Å². The lowest BCUT2D eigenvalue weighted by atomic mass is 9.85. The van der Waals surface area contributed by atoms with E-state index in [1.165, 1.54) is 7.11 Å². The molecule has 110 valence electrons. The highest BCUT2D eigenvalue weighted by molar-refractivity contribution is 5.98. The van der Waals surface area contributed by atoms with Crippen LogP contribution in [0, 0.1) is 5.92 Å². The summed E-state index contributed by atoms with van der Waals surface area (Å²) in [6, 6.07) is 5.12. The lowest BCUT2D eigenvalue weighted by Crippen LogP contribution is -2.29. The predicted octanol–water partition coefficient (Wildman–Crippen LogP) is 1.14. The Bertz CT molecular complexity index is 667. The van der Waals surface area contributed by atoms with Crippen molar-refractivity contribution in [1.29, 1.82) is 0 Å². The van der Waals surface area contributed by atoms with Crippen molar-refractivity contribution in [3.8, 4) is 11.5 Å². The van der Waals surface area contributed by atoms with Crippen LogP contribution in [0.25, 0.3) is 0 Å². The van der Waals surface area contributed by atoms with Crippen molar-refractivity contribution in [3.63, 3.8) is 0 Å². The standard InChI is InChI=1S/C16H16O5/c1-20-14-6-9(2-3-13(14)19)10-7-11-12(18)4-5-15(11)16(10,8-17)21-15/h2-6,10-11,17,19H,7-8H2,1H3/t10-,11-,15-,16-/m0/s1. The number of epoxide rings is 1. The van der Waals surface area contributed by atoms with Gasteiger partial charge in [0.05, 0.1) is 19.6 Å². The molecule has 21 heavy (non-hydrogen) atoms. The summed E-state index contributed by atoms with van der Waals surface area (Å²) in [7, 11) is 1.49. The third-order valence-corrected chi connectivity index (χ3v) is 5.20. The van der Waals surface area contributed by atoms with E-state index in [-0.39, 0.29) is 30.0 Å². The maximum absolute atomic E-state index is 12.0. The van der Waals surface area contributed by atoms with E-state index < -0.39 is 11.2 Å². The van der Waals surface area contributed by atoms with E-state index in [0.29, 0.717) is 12.2 Å². The molecule has 0 bridgehead atoms. The maximum Gasteiger partial charge on any atom is 0.161 e. The van der Waals surface area contributed by atoms with Crippen LogP contribution in [-0.4, -0.2) is 40.9 Å². The van der Waals surface area contributed by atoms with Crippen LogP contribution in [0.4, 0.5) is 0 Å². The lowest BCUT2D eigenvalue weighted by Gasteiger charge is -2.20. The normalized spacial score (nSPS) is 39.2. The number of allylic oxidation sites excluding steroid dienone is 1. The second-order valence-electron chi connectivity index (χ2n) is 5.95. The summed E-state index contributed by atoms with van der Waals surface area (Å²) in [5.41, 5.74) is -0.442. The number of hydrogen-bond acceptors (Lipinski definition) is 5. The molecule has 5 nitrogen and oxygen atoms in total. The molecule has 1 saturated heterocycles. The van der Waals surface area contributed by atoms with Gasteiger partial charge in [0.1, 0.15) is 11.2 Å². The minimum Gasteiger partial charge on any atom is -0.504 e. The SMILES string of the molecule is COc1cc([C@@H]2C[C@H]3C(=O)C=C[C@]34O[C@@]24CO)ccc1O. The Morgan fingerprint density at radius 3 is 2.95 bits per heavy atom. The number of aliphatic hydroxyl groups is 1. The highest BCUT2D eigenvalue weighted by Crippen LogP contribution is 2.70. The van der Waals surface area contributed by atoms with E-state index in [1.54, 1.807) is 30.4 Å². The summed E-state index contributed by atoms with van der Waals surface area (Å²) in [5.74, 6) is 0.220. The number of ether oxygens (including phenoxy) is 2. The number of aromatic hydroxyl groups is 1. The van der Waals surface area contributed by atoms with Gasteiger partial charge in [-0.1, -0.05) is 6.07 Å². The summed E-state index contributed by atoms with van der Waals surface area (Å²) in [6.45, 7) is -0.130.